The monoisotopic (exact) mass is 284 g/mol. The maximum absolute atomic E-state index is 13.5. The second-order valence-corrected chi connectivity index (χ2v) is 5.45. The van der Waals surface area contributed by atoms with Crippen molar-refractivity contribution in [2.45, 2.75) is 25.7 Å². The molecule has 0 heterocycles. The molecule has 1 aliphatic carbocycles. The predicted molar refractivity (Wildman–Crippen MR) is 79.3 cm³/mol. The number of methoxy groups -OCH3 is 1. The van der Waals surface area contributed by atoms with Crippen LogP contribution in [0.4, 0.5) is 4.39 Å². The lowest BCUT2D eigenvalue weighted by Gasteiger charge is -2.18. The summed E-state index contributed by atoms with van der Waals surface area (Å²) in [4.78, 5) is 12.2. The SMILES string of the molecule is COc1ccc2c(c1)CCc1cc(F)ccc1C2C(C)=O. The lowest BCUT2D eigenvalue weighted by molar-refractivity contribution is -0.117. The van der Waals surface area contributed by atoms with Crippen LogP contribution >= 0.6 is 0 Å². The van der Waals surface area contributed by atoms with Gasteiger partial charge in [0, 0.05) is 0 Å². The zero-order chi connectivity index (χ0) is 15.0. The molecule has 0 spiro atoms. The molecule has 0 amide bonds. The number of ketones is 1. The van der Waals surface area contributed by atoms with Crippen LogP contribution in [-0.4, -0.2) is 12.9 Å². The maximum atomic E-state index is 13.5. The van der Waals surface area contributed by atoms with Gasteiger partial charge >= 0.3 is 0 Å². The van der Waals surface area contributed by atoms with Crippen molar-refractivity contribution in [2.75, 3.05) is 7.11 Å². The van der Waals surface area contributed by atoms with Crippen molar-refractivity contribution in [3.05, 3.63) is 64.5 Å². The molecular weight excluding hydrogens is 267 g/mol. The zero-order valence-electron chi connectivity index (χ0n) is 12.2. The fourth-order valence-electron chi connectivity index (χ4n) is 3.15. The van der Waals surface area contributed by atoms with Crippen molar-refractivity contribution < 1.29 is 13.9 Å². The van der Waals surface area contributed by atoms with Gasteiger partial charge in [0.2, 0.25) is 0 Å². The molecule has 3 rings (SSSR count). The highest BCUT2D eigenvalue weighted by Crippen LogP contribution is 2.36. The molecule has 0 N–H and O–H groups in total. The minimum Gasteiger partial charge on any atom is -0.497 e. The summed E-state index contributed by atoms with van der Waals surface area (Å²) in [5.74, 6) is 0.299. The molecule has 1 unspecified atom stereocenters. The van der Waals surface area contributed by atoms with Crippen LogP contribution in [0.1, 0.15) is 35.1 Å². The number of benzene rings is 2. The number of rotatable bonds is 2. The van der Waals surface area contributed by atoms with E-state index in [1.165, 1.54) is 6.07 Å². The molecular formula is C18H17FO2. The molecule has 0 saturated carbocycles. The lowest BCUT2D eigenvalue weighted by atomic mass is 9.85. The van der Waals surface area contributed by atoms with Gasteiger partial charge in [0.1, 0.15) is 17.3 Å². The average molecular weight is 284 g/mol. The molecule has 0 fully saturated rings. The van der Waals surface area contributed by atoms with Gasteiger partial charge in [-0.1, -0.05) is 12.1 Å². The minimum absolute atomic E-state index is 0.0798. The van der Waals surface area contributed by atoms with Gasteiger partial charge in [-0.15, -0.1) is 0 Å². The number of fused-ring (bicyclic) bond motifs is 2. The summed E-state index contributed by atoms with van der Waals surface area (Å²) in [7, 11) is 1.63. The van der Waals surface area contributed by atoms with Gasteiger partial charge in [-0.05, 0) is 66.3 Å². The Hall–Kier alpha value is -2.16. The molecule has 0 radical (unpaired) electrons. The third-order valence-corrected chi connectivity index (χ3v) is 4.15. The van der Waals surface area contributed by atoms with Crippen LogP contribution in [0, 0.1) is 5.82 Å². The van der Waals surface area contributed by atoms with Gasteiger partial charge in [0.15, 0.2) is 0 Å². The first kappa shape index (κ1) is 13.8. The first-order valence-electron chi connectivity index (χ1n) is 7.05. The topological polar surface area (TPSA) is 26.3 Å². The number of carbonyl (C=O) groups is 1. The van der Waals surface area contributed by atoms with Gasteiger partial charge in [0.25, 0.3) is 0 Å². The Morgan fingerprint density at radius 3 is 2.33 bits per heavy atom. The fourth-order valence-corrected chi connectivity index (χ4v) is 3.15. The molecule has 108 valence electrons. The van der Waals surface area contributed by atoms with Gasteiger partial charge in [-0.2, -0.15) is 0 Å². The van der Waals surface area contributed by atoms with Crippen molar-refractivity contribution in [1.82, 2.24) is 0 Å². The van der Waals surface area contributed by atoms with Gasteiger partial charge in [-0.3, -0.25) is 4.79 Å². The van der Waals surface area contributed by atoms with Crippen LogP contribution in [0.5, 0.6) is 5.75 Å². The molecule has 1 atom stereocenters. The Morgan fingerprint density at radius 1 is 1.10 bits per heavy atom. The number of hydrogen-bond donors (Lipinski definition) is 0. The Labute approximate surface area is 123 Å². The van der Waals surface area contributed by atoms with E-state index >= 15 is 0 Å². The zero-order valence-corrected chi connectivity index (χ0v) is 12.2. The number of ether oxygens (including phenoxy) is 1. The lowest BCUT2D eigenvalue weighted by Crippen LogP contribution is -2.12. The van der Waals surface area contributed by atoms with E-state index in [-0.39, 0.29) is 17.5 Å². The van der Waals surface area contributed by atoms with Crippen LogP contribution in [0.15, 0.2) is 36.4 Å². The van der Waals surface area contributed by atoms with Gasteiger partial charge in [0.05, 0.1) is 13.0 Å². The van der Waals surface area contributed by atoms with Crippen LogP contribution in [0.3, 0.4) is 0 Å². The molecule has 0 aromatic heterocycles. The number of Topliss-reactive ketones (excluding diaryl/α,β-unsaturated/α-hetero) is 1. The van der Waals surface area contributed by atoms with Crippen molar-refractivity contribution in [3.63, 3.8) is 0 Å². The fraction of sp³-hybridized carbons (Fsp3) is 0.278. The van der Waals surface area contributed by atoms with Crippen molar-refractivity contribution in [2.24, 2.45) is 0 Å². The van der Waals surface area contributed by atoms with E-state index in [1.807, 2.05) is 18.2 Å². The van der Waals surface area contributed by atoms with Crippen molar-refractivity contribution in [3.8, 4) is 5.75 Å². The van der Waals surface area contributed by atoms with E-state index in [9.17, 15) is 9.18 Å². The van der Waals surface area contributed by atoms with Crippen molar-refractivity contribution >= 4 is 5.78 Å². The molecule has 0 saturated heterocycles. The van der Waals surface area contributed by atoms with E-state index in [0.29, 0.717) is 0 Å². The Kier molecular flexibility index (Phi) is 3.50. The van der Waals surface area contributed by atoms with E-state index in [1.54, 1.807) is 26.2 Å². The number of hydrogen-bond acceptors (Lipinski definition) is 2. The second kappa shape index (κ2) is 5.32. The Balaban J connectivity index is 2.19. The summed E-state index contributed by atoms with van der Waals surface area (Å²) in [6, 6.07) is 10.5. The number of carbonyl (C=O) groups excluding carboxylic acids is 1. The summed E-state index contributed by atoms with van der Waals surface area (Å²) < 4.78 is 18.8. The van der Waals surface area contributed by atoms with E-state index < -0.39 is 0 Å². The van der Waals surface area contributed by atoms with Gasteiger partial charge in [-0.25, -0.2) is 4.39 Å². The quantitative estimate of drug-likeness (QED) is 0.841. The Bertz CT molecular complexity index is 706. The molecule has 21 heavy (non-hydrogen) atoms. The normalized spacial score (nSPS) is 16.6. The molecule has 0 bridgehead atoms. The van der Waals surface area contributed by atoms with Crippen LogP contribution < -0.4 is 4.74 Å². The molecule has 3 heteroatoms. The van der Waals surface area contributed by atoms with Crippen molar-refractivity contribution in [1.29, 1.82) is 0 Å². The molecule has 2 nitrogen and oxygen atoms in total. The molecule has 1 aliphatic rings. The minimum atomic E-state index is -0.316. The number of aryl methyl sites for hydroxylation is 2. The first-order chi connectivity index (χ1) is 10.1. The predicted octanol–water partition coefficient (Wildman–Crippen LogP) is 3.65. The van der Waals surface area contributed by atoms with Crippen LogP contribution in [0.2, 0.25) is 0 Å². The van der Waals surface area contributed by atoms with Crippen LogP contribution in [-0.2, 0) is 17.6 Å². The molecule has 0 aliphatic heterocycles. The molecule has 2 aromatic carbocycles. The summed E-state index contributed by atoms with van der Waals surface area (Å²) in [5, 5.41) is 0. The molecule has 2 aromatic rings. The van der Waals surface area contributed by atoms with E-state index in [2.05, 4.69) is 0 Å². The highest BCUT2D eigenvalue weighted by molar-refractivity contribution is 5.88. The summed E-state index contributed by atoms with van der Waals surface area (Å²) >= 11 is 0. The average Bonchev–Trinajstić information content (AvgIpc) is 2.62. The maximum Gasteiger partial charge on any atom is 0.141 e. The van der Waals surface area contributed by atoms with Crippen LogP contribution in [0.25, 0.3) is 0 Å². The summed E-state index contributed by atoms with van der Waals surface area (Å²) in [6.45, 7) is 1.59. The third-order valence-electron chi connectivity index (χ3n) is 4.15. The highest BCUT2D eigenvalue weighted by Gasteiger charge is 2.27. The van der Waals surface area contributed by atoms with Gasteiger partial charge < -0.3 is 4.74 Å². The van der Waals surface area contributed by atoms with E-state index in [0.717, 1.165) is 40.8 Å². The first-order valence-corrected chi connectivity index (χ1v) is 7.05. The second-order valence-electron chi connectivity index (χ2n) is 5.45. The number of halogens is 1. The van der Waals surface area contributed by atoms with E-state index in [4.69, 9.17) is 4.74 Å². The Morgan fingerprint density at radius 2 is 1.71 bits per heavy atom. The largest absolute Gasteiger partial charge is 0.497 e. The smallest absolute Gasteiger partial charge is 0.141 e. The highest BCUT2D eigenvalue weighted by atomic mass is 19.1. The summed E-state index contributed by atoms with van der Waals surface area (Å²) in [6.07, 6.45) is 1.52. The standard InChI is InChI=1S/C18H17FO2/c1-11(20)18-16-7-5-14(19)9-12(16)3-4-13-10-15(21-2)6-8-17(13)18/h5-10,18H,3-4H2,1-2H3. The summed E-state index contributed by atoms with van der Waals surface area (Å²) in [5.41, 5.74) is 3.96. The third kappa shape index (κ3) is 2.44.